The number of fused-ring (bicyclic) bond motifs is 1. The fourth-order valence-corrected chi connectivity index (χ4v) is 3.71. The molecule has 1 saturated carbocycles. The van der Waals surface area contributed by atoms with Crippen molar-refractivity contribution < 1.29 is 9.53 Å². The van der Waals surface area contributed by atoms with Gasteiger partial charge in [-0.15, -0.1) is 0 Å². The number of carbonyl (C=O) groups excluding carboxylic acids is 1. The highest BCUT2D eigenvalue weighted by molar-refractivity contribution is 5.87. The minimum absolute atomic E-state index is 0.204. The summed E-state index contributed by atoms with van der Waals surface area (Å²) in [6, 6.07) is 0. The van der Waals surface area contributed by atoms with E-state index in [1.165, 1.54) is 26.4 Å². The molecule has 0 amide bonds. The molecule has 3 rings (SSSR count). The van der Waals surface area contributed by atoms with Crippen molar-refractivity contribution in [3.63, 3.8) is 0 Å². The second-order valence-electron chi connectivity index (χ2n) is 6.09. The minimum atomic E-state index is -0.204. The zero-order valence-electron chi connectivity index (χ0n) is 12.0. The molecule has 0 unspecified atom stereocenters. The van der Waals surface area contributed by atoms with Crippen LogP contribution in [-0.4, -0.2) is 13.1 Å². The fourth-order valence-electron chi connectivity index (χ4n) is 3.71. The summed E-state index contributed by atoms with van der Waals surface area (Å²) in [6.45, 7) is 6.53. The summed E-state index contributed by atoms with van der Waals surface area (Å²) >= 11 is 0. The molecule has 0 aliphatic heterocycles. The van der Waals surface area contributed by atoms with Gasteiger partial charge in [-0.3, -0.25) is 0 Å². The molecule has 0 aromatic heterocycles. The van der Waals surface area contributed by atoms with E-state index in [0.29, 0.717) is 5.41 Å². The van der Waals surface area contributed by atoms with E-state index in [1.54, 1.807) is 5.57 Å². The molecule has 0 aromatic carbocycles. The summed E-state index contributed by atoms with van der Waals surface area (Å²) in [5, 5.41) is 0. The van der Waals surface area contributed by atoms with E-state index in [-0.39, 0.29) is 5.97 Å². The Morgan fingerprint density at radius 2 is 2.33 bits per heavy atom. The Labute approximate surface area is 110 Å². The van der Waals surface area contributed by atoms with E-state index >= 15 is 0 Å². The lowest BCUT2D eigenvalue weighted by atomic mass is 9.47. The van der Waals surface area contributed by atoms with Gasteiger partial charge in [-0.1, -0.05) is 24.6 Å². The average molecular weight is 248 g/mol. The lowest BCUT2D eigenvalue weighted by molar-refractivity contribution is -0.136. The Hall–Kier alpha value is -1.05. The van der Waals surface area contributed by atoms with Gasteiger partial charge in [0.2, 0.25) is 0 Å². The molecule has 0 aromatic rings. The van der Waals surface area contributed by atoms with E-state index < -0.39 is 0 Å². The zero-order chi connectivity index (χ0) is 13.3. The maximum absolute atomic E-state index is 11.3. The molecular formula is C16H24O2. The van der Waals surface area contributed by atoms with Crippen molar-refractivity contribution in [1.82, 2.24) is 0 Å². The van der Waals surface area contributed by atoms with Crippen LogP contribution in [0.1, 0.15) is 46.5 Å². The second kappa shape index (κ2) is 4.91. The first-order chi connectivity index (χ1) is 8.49. The first kappa shape index (κ1) is 13.4. The Kier molecular flexibility index (Phi) is 3.65. The third-order valence-electron chi connectivity index (χ3n) is 5.16. The summed E-state index contributed by atoms with van der Waals surface area (Å²) in [5.41, 5.74) is 2.78. The van der Waals surface area contributed by atoms with Crippen LogP contribution in [0.15, 0.2) is 23.3 Å². The van der Waals surface area contributed by atoms with Gasteiger partial charge in [-0.05, 0) is 56.8 Å². The lowest BCUT2D eigenvalue weighted by Crippen LogP contribution is -2.49. The van der Waals surface area contributed by atoms with Crippen LogP contribution < -0.4 is 0 Å². The van der Waals surface area contributed by atoms with Gasteiger partial charge in [0.05, 0.1) is 7.11 Å². The number of esters is 1. The van der Waals surface area contributed by atoms with Gasteiger partial charge in [0.15, 0.2) is 0 Å². The van der Waals surface area contributed by atoms with E-state index in [2.05, 4.69) is 19.9 Å². The highest BCUT2D eigenvalue weighted by Gasteiger charge is 2.52. The molecule has 3 aliphatic carbocycles. The largest absolute Gasteiger partial charge is 0.466 e. The lowest BCUT2D eigenvalue weighted by Gasteiger charge is -2.58. The first-order valence-corrected chi connectivity index (χ1v) is 6.90. The quantitative estimate of drug-likeness (QED) is 0.429. The predicted molar refractivity (Wildman–Crippen MR) is 73.1 cm³/mol. The molecule has 100 valence electrons. The standard InChI is InChI=1S/C16H24O2/c1-11-7-8-13-10-14(11)16(13,3)9-5-6-12(2)15(17)18-4/h6-7,13-14H,5,8-10H2,1-4H3/b12-6+/t13-,14-,16-/m0/s1. The van der Waals surface area contributed by atoms with Crippen LogP contribution in [0.4, 0.5) is 0 Å². The number of rotatable bonds is 4. The van der Waals surface area contributed by atoms with Crippen LogP contribution >= 0.6 is 0 Å². The van der Waals surface area contributed by atoms with Crippen molar-refractivity contribution in [2.24, 2.45) is 17.3 Å². The van der Waals surface area contributed by atoms with Crippen LogP contribution in [0.25, 0.3) is 0 Å². The number of hydrogen-bond donors (Lipinski definition) is 0. The SMILES string of the molecule is COC(=O)/C(C)=C/CC[C@@]1(C)[C@H]2CC=C(C)[C@@H]1C2. The zero-order valence-corrected chi connectivity index (χ0v) is 12.0. The molecule has 2 bridgehead atoms. The van der Waals surface area contributed by atoms with Crippen LogP contribution in [0.5, 0.6) is 0 Å². The molecule has 0 radical (unpaired) electrons. The third-order valence-corrected chi connectivity index (χ3v) is 5.16. The fraction of sp³-hybridized carbons (Fsp3) is 0.688. The van der Waals surface area contributed by atoms with Crippen molar-refractivity contribution in [2.75, 3.05) is 7.11 Å². The van der Waals surface area contributed by atoms with Crippen LogP contribution in [0.3, 0.4) is 0 Å². The highest BCUT2D eigenvalue weighted by atomic mass is 16.5. The molecule has 2 nitrogen and oxygen atoms in total. The molecule has 0 N–H and O–H groups in total. The van der Waals surface area contributed by atoms with Gasteiger partial charge in [0, 0.05) is 5.57 Å². The molecule has 18 heavy (non-hydrogen) atoms. The van der Waals surface area contributed by atoms with E-state index in [9.17, 15) is 4.79 Å². The molecule has 0 spiro atoms. The van der Waals surface area contributed by atoms with Crippen LogP contribution in [0.2, 0.25) is 0 Å². The maximum Gasteiger partial charge on any atom is 0.333 e. The van der Waals surface area contributed by atoms with Gasteiger partial charge in [-0.2, -0.15) is 0 Å². The van der Waals surface area contributed by atoms with Gasteiger partial charge >= 0.3 is 5.97 Å². The van der Waals surface area contributed by atoms with E-state index in [4.69, 9.17) is 4.74 Å². The van der Waals surface area contributed by atoms with Gasteiger partial charge in [0.1, 0.15) is 0 Å². The summed E-state index contributed by atoms with van der Waals surface area (Å²) in [7, 11) is 1.44. The summed E-state index contributed by atoms with van der Waals surface area (Å²) in [4.78, 5) is 11.3. The third kappa shape index (κ3) is 2.13. The Bertz CT molecular complexity index is 405. The monoisotopic (exact) mass is 248 g/mol. The molecule has 1 fully saturated rings. The predicted octanol–water partition coefficient (Wildman–Crippen LogP) is 3.88. The Morgan fingerprint density at radius 3 is 2.89 bits per heavy atom. The van der Waals surface area contributed by atoms with Crippen molar-refractivity contribution in [3.8, 4) is 0 Å². The van der Waals surface area contributed by atoms with E-state index in [1.807, 2.05) is 13.0 Å². The number of hydrogen-bond acceptors (Lipinski definition) is 2. The molecule has 3 atom stereocenters. The Balaban J connectivity index is 1.92. The molecule has 0 heterocycles. The number of carbonyl (C=O) groups is 1. The minimum Gasteiger partial charge on any atom is -0.466 e. The number of ether oxygens (including phenoxy) is 1. The van der Waals surface area contributed by atoms with Crippen molar-refractivity contribution in [3.05, 3.63) is 23.3 Å². The summed E-state index contributed by atoms with van der Waals surface area (Å²) in [6.07, 6.45) is 9.23. The maximum atomic E-state index is 11.3. The van der Waals surface area contributed by atoms with Crippen molar-refractivity contribution in [1.29, 1.82) is 0 Å². The normalized spacial score (nSPS) is 34.7. The summed E-state index contributed by atoms with van der Waals surface area (Å²) < 4.78 is 4.71. The second-order valence-corrected chi connectivity index (χ2v) is 6.09. The van der Waals surface area contributed by atoms with Gasteiger partial charge < -0.3 is 4.74 Å². The van der Waals surface area contributed by atoms with Gasteiger partial charge in [-0.25, -0.2) is 4.79 Å². The van der Waals surface area contributed by atoms with E-state index in [0.717, 1.165) is 23.8 Å². The number of methoxy groups -OCH3 is 1. The average Bonchev–Trinajstić information content (AvgIpc) is 2.36. The molecule has 0 saturated heterocycles. The van der Waals surface area contributed by atoms with Gasteiger partial charge in [0.25, 0.3) is 0 Å². The van der Waals surface area contributed by atoms with Crippen LogP contribution in [0, 0.1) is 17.3 Å². The van der Waals surface area contributed by atoms with Crippen molar-refractivity contribution >= 4 is 5.97 Å². The molecule has 2 heteroatoms. The first-order valence-electron chi connectivity index (χ1n) is 6.90. The molecule has 3 aliphatic rings. The van der Waals surface area contributed by atoms with Crippen molar-refractivity contribution in [2.45, 2.75) is 46.5 Å². The van der Waals surface area contributed by atoms with Crippen LogP contribution in [-0.2, 0) is 9.53 Å². The topological polar surface area (TPSA) is 26.3 Å². The smallest absolute Gasteiger partial charge is 0.333 e. The number of allylic oxidation sites excluding steroid dienone is 3. The Morgan fingerprint density at radius 1 is 1.61 bits per heavy atom. The summed E-state index contributed by atoms with van der Waals surface area (Å²) in [5.74, 6) is 1.44. The highest BCUT2D eigenvalue weighted by Crippen LogP contribution is 2.61. The molecular weight excluding hydrogens is 224 g/mol.